The van der Waals surface area contributed by atoms with Crippen LogP contribution in [0.4, 0.5) is 0 Å². The van der Waals surface area contributed by atoms with E-state index in [-0.39, 0.29) is 0 Å². The van der Waals surface area contributed by atoms with Gasteiger partial charge in [-0.2, -0.15) is 0 Å². The van der Waals surface area contributed by atoms with Gasteiger partial charge in [0.2, 0.25) is 0 Å². The Bertz CT molecular complexity index is 245. The van der Waals surface area contributed by atoms with Gasteiger partial charge in [0.15, 0.2) is 0 Å². The Hall–Kier alpha value is 0.0969. The number of hydrogen-bond donors (Lipinski definition) is 0. The molecule has 3 nitrogen and oxygen atoms in total. The summed E-state index contributed by atoms with van der Waals surface area (Å²) in [6, 6.07) is 1.16. The Kier molecular flexibility index (Phi) is 10.6. The summed E-state index contributed by atoms with van der Waals surface area (Å²) < 4.78 is 14.8. The summed E-state index contributed by atoms with van der Waals surface area (Å²) in [5, 5.41) is 0. The summed E-state index contributed by atoms with van der Waals surface area (Å²) in [6.45, 7) is 10.4. The lowest BCUT2D eigenvalue weighted by Crippen LogP contribution is -2.54. The van der Waals surface area contributed by atoms with Crippen LogP contribution in [0.15, 0.2) is 0 Å². The second-order valence-corrected chi connectivity index (χ2v) is 9.28. The summed E-state index contributed by atoms with van der Waals surface area (Å²) in [7, 11) is -2.01. The summed E-state index contributed by atoms with van der Waals surface area (Å²) in [5.74, 6) is 0. The number of nitrogens with zero attached hydrogens (tertiary/aromatic N) is 1. The van der Waals surface area contributed by atoms with E-state index in [1.807, 2.05) is 0 Å². The van der Waals surface area contributed by atoms with E-state index in [1.165, 1.54) is 70.9 Å². The van der Waals surface area contributed by atoms with Gasteiger partial charge in [-0.1, -0.05) is 51.9 Å². The van der Waals surface area contributed by atoms with Crippen LogP contribution < -0.4 is 0 Å². The lowest BCUT2D eigenvalue weighted by molar-refractivity contribution is 0.135. The maximum Gasteiger partial charge on any atom is 0.427 e. The van der Waals surface area contributed by atoms with Gasteiger partial charge >= 0.3 is 8.72 Å². The topological polar surface area (TPSA) is 21.7 Å². The smallest absolute Gasteiger partial charge is 0.383 e. The number of unbranched alkanes of at least 4 members (excludes halogenated alkanes) is 7. The second kappa shape index (κ2) is 11.6. The molecular formula is C17H37NO2Si. The minimum Gasteiger partial charge on any atom is -0.383 e. The molecule has 0 spiro atoms. The van der Waals surface area contributed by atoms with Crippen molar-refractivity contribution in [3.05, 3.63) is 0 Å². The fourth-order valence-corrected chi connectivity index (χ4v) is 6.92. The molecule has 0 aromatic heterocycles. The van der Waals surface area contributed by atoms with Crippen molar-refractivity contribution in [2.75, 3.05) is 26.3 Å². The second-order valence-electron chi connectivity index (χ2n) is 6.14. The van der Waals surface area contributed by atoms with Crippen LogP contribution >= 0.6 is 0 Å². The van der Waals surface area contributed by atoms with E-state index >= 15 is 0 Å². The molecule has 0 amide bonds. The van der Waals surface area contributed by atoms with E-state index in [4.69, 9.17) is 8.85 Å². The van der Waals surface area contributed by atoms with Crippen molar-refractivity contribution < 1.29 is 8.85 Å². The SMILES string of the molecule is CCCCCCCCCCN1CCC[Si]1(OCC)OCC. The molecule has 0 aromatic carbocycles. The summed E-state index contributed by atoms with van der Waals surface area (Å²) in [4.78, 5) is 0. The molecule has 1 fully saturated rings. The zero-order chi connectivity index (χ0) is 15.4. The first-order chi connectivity index (χ1) is 10.3. The highest BCUT2D eigenvalue weighted by Gasteiger charge is 2.48. The largest absolute Gasteiger partial charge is 0.427 e. The number of rotatable bonds is 13. The van der Waals surface area contributed by atoms with Crippen LogP contribution in [0.25, 0.3) is 0 Å². The minimum absolute atomic E-state index is 0.792. The van der Waals surface area contributed by atoms with Crippen molar-refractivity contribution in [1.29, 1.82) is 0 Å². The van der Waals surface area contributed by atoms with Gasteiger partial charge in [0.1, 0.15) is 0 Å². The molecule has 0 unspecified atom stereocenters. The predicted octanol–water partition coefficient (Wildman–Crippen LogP) is 4.84. The molecular weight excluding hydrogens is 278 g/mol. The predicted molar refractivity (Wildman–Crippen MR) is 92.6 cm³/mol. The van der Waals surface area contributed by atoms with Crippen LogP contribution in [-0.4, -0.2) is 39.6 Å². The molecule has 1 saturated heterocycles. The lowest BCUT2D eigenvalue weighted by atomic mass is 10.1. The third kappa shape index (κ3) is 6.81. The lowest BCUT2D eigenvalue weighted by Gasteiger charge is -2.34. The van der Waals surface area contributed by atoms with Gasteiger partial charge in [0, 0.05) is 19.3 Å². The van der Waals surface area contributed by atoms with Gasteiger partial charge < -0.3 is 8.85 Å². The molecule has 0 radical (unpaired) electrons. The first kappa shape index (κ1) is 19.1. The molecule has 1 rings (SSSR count). The molecule has 126 valence electrons. The van der Waals surface area contributed by atoms with Crippen molar-refractivity contribution in [3.8, 4) is 0 Å². The Morgan fingerprint density at radius 3 is 1.95 bits per heavy atom. The van der Waals surface area contributed by atoms with Crippen LogP contribution in [0.2, 0.25) is 6.04 Å². The van der Waals surface area contributed by atoms with Crippen molar-refractivity contribution in [1.82, 2.24) is 4.57 Å². The van der Waals surface area contributed by atoms with E-state index in [1.54, 1.807) is 0 Å². The number of hydrogen-bond acceptors (Lipinski definition) is 3. The van der Waals surface area contributed by atoms with Gasteiger partial charge in [-0.3, -0.25) is 4.57 Å². The van der Waals surface area contributed by atoms with E-state index in [9.17, 15) is 0 Å². The fourth-order valence-electron chi connectivity index (χ4n) is 3.36. The summed E-state index contributed by atoms with van der Waals surface area (Å²) in [5.41, 5.74) is 0. The molecule has 0 bridgehead atoms. The van der Waals surface area contributed by atoms with Gasteiger partial charge in [-0.15, -0.1) is 0 Å². The Labute approximate surface area is 133 Å². The van der Waals surface area contributed by atoms with Crippen LogP contribution in [0, 0.1) is 0 Å². The van der Waals surface area contributed by atoms with Crippen molar-refractivity contribution in [2.24, 2.45) is 0 Å². The Balaban J connectivity index is 2.17. The van der Waals surface area contributed by atoms with Gasteiger partial charge in [-0.05, 0) is 39.8 Å². The van der Waals surface area contributed by atoms with Gasteiger partial charge in [-0.25, -0.2) is 0 Å². The first-order valence-corrected chi connectivity index (χ1v) is 11.3. The average Bonchev–Trinajstić information content (AvgIpc) is 2.85. The average molecular weight is 316 g/mol. The zero-order valence-electron chi connectivity index (χ0n) is 14.7. The Morgan fingerprint density at radius 2 is 1.38 bits per heavy atom. The highest BCUT2D eigenvalue weighted by Crippen LogP contribution is 2.28. The van der Waals surface area contributed by atoms with E-state index in [2.05, 4.69) is 25.3 Å². The molecule has 1 heterocycles. The van der Waals surface area contributed by atoms with Crippen LogP contribution in [-0.2, 0) is 8.85 Å². The monoisotopic (exact) mass is 315 g/mol. The molecule has 1 aliphatic heterocycles. The van der Waals surface area contributed by atoms with Crippen LogP contribution in [0.5, 0.6) is 0 Å². The highest BCUT2D eigenvalue weighted by molar-refractivity contribution is 6.65. The maximum atomic E-state index is 6.11. The molecule has 21 heavy (non-hydrogen) atoms. The van der Waals surface area contributed by atoms with E-state index < -0.39 is 8.72 Å². The molecule has 4 heteroatoms. The molecule has 0 aromatic rings. The standard InChI is InChI=1S/C17H37NO2Si/c1-4-7-8-9-10-11-12-13-15-18-16-14-17-21(18,19-5-2)20-6-3/h4-17H2,1-3H3. The van der Waals surface area contributed by atoms with Crippen molar-refractivity contribution in [3.63, 3.8) is 0 Å². The van der Waals surface area contributed by atoms with Crippen LogP contribution in [0.1, 0.15) is 78.6 Å². The van der Waals surface area contributed by atoms with E-state index in [0.29, 0.717) is 0 Å². The quantitative estimate of drug-likeness (QED) is 0.358. The first-order valence-electron chi connectivity index (χ1n) is 9.32. The highest BCUT2D eigenvalue weighted by atomic mass is 28.4. The molecule has 0 N–H and O–H groups in total. The molecule has 0 aliphatic carbocycles. The fraction of sp³-hybridized carbons (Fsp3) is 1.00. The van der Waals surface area contributed by atoms with Gasteiger partial charge in [0.25, 0.3) is 0 Å². The summed E-state index contributed by atoms with van der Waals surface area (Å²) in [6.07, 6.45) is 12.3. The Morgan fingerprint density at radius 1 is 0.810 bits per heavy atom. The van der Waals surface area contributed by atoms with Crippen LogP contribution in [0.3, 0.4) is 0 Å². The van der Waals surface area contributed by atoms with Crippen molar-refractivity contribution in [2.45, 2.75) is 84.6 Å². The van der Waals surface area contributed by atoms with E-state index in [0.717, 1.165) is 19.3 Å². The normalized spacial score (nSPS) is 18.4. The summed E-state index contributed by atoms with van der Waals surface area (Å²) >= 11 is 0. The third-order valence-corrected chi connectivity index (χ3v) is 8.30. The molecule has 1 aliphatic rings. The minimum atomic E-state index is -2.01. The molecule has 0 atom stereocenters. The molecule has 0 saturated carbocycles. The third-order valence-electron chi connectivity index (χ3n) is 4.42. The van der Waals surface area contributed by atoms with Gasteiger partial charge in [0.05, 0.1) is 0 Å². The zero-order valence-corrected chi connectivity index (χ0v) is 15.7. The van der Waals surface area contributed by atoms with Crippen molar-refractivity contribution >= 4 is 8.72 Å². The maximum absolute atomic E-state index is 6.11.